The zero-order chi connectivity index (χ0) is 20.9. The van der Waals surface area contributed by atoms with E-state index in [1.807, 2.05) is 44.2 Å². The number of carbonyl (C=O) groups is 2. The minimum atomic E-state index is -0.490. The second-order valence-electron chi connectivity index (χ2n) is 5.96. The van der Waals surface area contributed by atoms with Crippen LogP contribution in [0.25, 0.3) is 6.08 Å². The molecule has 0 heterocycles. The van der Waals surface area contributed by atoms with E-state index in [-0.39, 0.29) is 6.61 Å². The third-order valence-corrected chi connectivity index (χ3v) is 3.61. The number of hydrogen-bond donors (Lipinski definition) is 2. The maximum Gasteiger partial charge on any atom is 0.276 e. The van der Waals surface area contributed by atoms with Gasteiger partial charge in [-0.1, -0.05) is 31.2 Å². The van der Waals surface area contributed by atoms with Gasteiger partial charge in [0.1, 0.15) is 5.75 Å². The average molecular weight is 398 g/mol. The minimum absolute atomic E-state index is 0.257. The van der Waals surface area contributed by atoms with Gasteiger partial charge in [0.2, 0.25) is 0 Å². The molecular weight excluding hydrogens is 372 g/mol. The number of amides is 2. The normalized spacial score (nSPS) is 10.4. The lowest BCUT2D eigenvalue weighted by molar-refractivity contribution is -0.128. The van der Waals surface area contributed by atoms with E-state index in [1.54, 1.807) is 24.3 Å². The Morgan fingerprint density at radius 1 is 0.897 bits per heavy atom. The van der Waals surface area contributed by atoms with E-state index in [2.05, 4.69) is 10.9 Å². The van der Waals surface area contributed by atoms with Gasteiger partial charge in [0.15, 0.2) is 18.1 Å². The molecule has 2 aromatic carbocycles. The summed E-state index contributed by atoms with van der Waals surface area (Å²) in [7, 11) is 0. The molecule has 2 aromatic rings. The van der Waals surface area contributed by atoms with Crippen LogP contribution in [0.4, 0.5) is 0 Å². The molecule has 0 fully saturated rings. The maximum atomic E-state index is 11.9. The van der Waals surface area contributed by atoms with E-state index < -0.39 is 11.8 Å². The Bertz CT molecular complexity index is 818. The zero-order valence-electron chi connectivity index (χ0n) is 16.6. The van der Waals surface area contributed by atoms with Crippen molar-refractivity contribution >= 4 is 17.9 Å². The summed E-state index contributed by atoms with van der Waals surface area (Å²) in [6.07, 6.45) is 3.91. The molecule has 2 amide bonds. The molecule has 2 N–H and O–H groups in total. The number of hydrazine groups is 1. The van der Waals surface area contributed by atoms with Gasteiger partial charge < -0.3 is 14.2 Å². The molecule has 0 saturated heterocycles. The summed E-state index contributed by atoms with van der Waals surface area (Å²) in [5.74, 6) is 0.851. The highest BCUT2D eigenvalue weighted by Crippen LogP contribution is 2.26. The number of benzene rings is 2. The predicted molar refractivity (Wildman–Crippen MR) is 111 cm³/mol. The molecule has 0 aromatic heterocycles. The van der Waals surface area contributed by atoms with E-state index in [0.29, 0.717) is 24.7 Å². The zero-order valence-corrected chi connectivity index (χ0v) is 16.6. The maximum absolute atomic E-state index is 11.9. The van der Waals surface area contributed by atoms with Crippen LogP contribution < -0.4 is 25.1 Å². The van der Waals surface area contributed by atoms with Crippen molar-refractivity contribution in [3.05, 3.63) is 60.2 Å². The lowest BCUT2D eigenvalue weighted by Gasteiger charge is -2.11. The molecule has 0 bridgehead atoms. The standard InChI is InChI=1S/C22H26N2O5/c1-3-15-28-18-12-9-17(10-13-18)11-14-21(25)23-24-22(26)16-29-20-8-6-5-7-19(20)27-4-2/h5-14H,3-4,15-16H2,1-2H3,(H,23,25)(H,24,26)/b14-11+. The number of hydrogen-bond acceptors (Lipinski definition) is 5. The first kappa shape index (κ1) is 21.8. The third kappa shape index (κ3) is 7.96. The van der Waals surface area contributed by atoms with Gasteiger partial charge in [0.05, 0.1) is 13.2 Å². The smallest absolute Gasteiger partial charge is 0.276 e. The Morgan fingerprint density at radius 3 is 2.24 bits per heavy atom. The summed E-state index contributed by atoms with van der Waals surface area (Å²) < 4.78 is 16.4. The lowest BCUT2D eigenvalue weighted by atomic mass is 10.2. The Hall–Kier alpha value is -3.48. The molecule has 0 aliphatic carbocycles. The molecule has 0 atom stereocenters. The fraction of sp³-hybridized carbons (Fsp3) is 0.273. The molecular formula is C22H26N2O5. The number of carbonyl (C=O) groups excluding carboxylic acids is 2. The number of para-hydroxylation sites is 2. The van der Waals surface area contributed by atoms with Gasteiger partial charge in [0, 0.05) is 6.08 Å². The van der Waals surface area contributed by atoms with Crippen molar-refractivity contribution in [2.45, 2.75) is 20.3 Å². The van der Waals surface area contributed by atoms with Gasteiger partial charge in [-0.3, -0.25) is 20.4 Å². The molecule has 0 spiro atoms. The highest BCUT2D eigenvalue weighted by molar-refractivity contribution is 5.93. The molecule has 29 heavy (non-hydrogen) atoms. The number of ether oxygens (including phenoxy) is 3. The minimum Gasteiger partial charge on any atom is -0.494 e. The average Bonchev–Trinajstić information content (AvgIpc) is 2.75. The van der Waals surface area contributed by atoms with Gasteiger partial charge in [0.25, 0.3) is 11.8 Å². The topological polar surface area (TPSA) is 85.9 Å². The van der Waals surface area contributed by atoms with Crippen LogP contribution in [0.5, 0.6) is 17.2 Å². The summed E-state index contributed by atoms with van der Waals surface area (Å²) in [6.45, 7) is 4.80. The Morgan fingerprint density at radius 2 is 1.59 bits per heavy atom. The van der Waals surface area contributed by atoms with E-state index in [9.17, 15) is 9.59 Å². The van der Waals surface area contributed by atoms with Crippen LogP contribution in [0.15, 0.2) is 54.6 Å². The van der Waals surface area contributed by atoms with Crippen LogP contribution in [0.2, 0.25) is 0 Å². The summed E-state index contributed by atoms with van der Waals surface area (Å²) in [5.41, 5.74) is 5.44. The van der Waals surface area contributed by atoms with Crippen molar-refractivity contribution in [3.63, 3.8) is 0 Å². The Kier molecular flexibility index (Phi) is 9.08. The van der Waals surface area contributed by atoms with E-state index in [0.717, 1.165) is 17.7 Å². The fourth-order valence-corrected chi connectivity index (χ4v) is 2.26. The van der Waals surface area contributed by atoms with Crippen LogP contribution in [0.3, 0.4) is 0 Å². The van der Waals surface area contributed by atoms with Gasteiger partial charge in [-0.15, -0.1) is 0 Å². The largest absolute Gasteiger partial charge is 0.494 e. The Balaban J connectivity index is 1.74. The molecule has 154 valence electrons. The molecule has 0 unspecified atom stereocenters. The molecule has 2 rings (SSSR count). The molecule has 0 saturated carbocycles. The van der Waals surface area contributed by atoms with Gasteiger partial charge in [-0.05, 0) is 49.2 Å². The highest BCUT2D eigenvalue weighted by atomic mass is 16.5. The molecule has 0 radical (unpaired) electrons. The van der Waals surface area contributed by atoms with Gasteiger partial charge >= 0.3 is 0 Å². The van der Waals surface area contributed by atoms with E-state index >= 15 is 0 Å². The number of rotatable bonds is 10. The monoisotopic (exact) mass is 398 g/mol. The second-order valence-corrected chi connectivity index (χ2v) is 5.96. The quantitative estimate of drug-likeness (QED) is 0.474. The lowest BCUT2D eigenvalue weighted by Crippen LogP contribution is -2.43. The van der Waals surface area contributed by atoms with E-state index in [4.69, 9.17) is 14.2 Å². The Labute approximate surface area is 170 Å². The van der Waals surface area contributed by atoms with Crippen LogP contribution in [-0.2, 0) is 9.59 Å². The summed E-state index contributed by atoms with van der Waals surface area (Å²) in [6, 6.07) is 14.4. The second kappa shape index (κ2) is 12.1. The van der Waals surface area contributed by atoms with Crippen molar-refractivity contribution < 1.29 is 23.8 Å². The first-order valence-electron chi connectivity index (χ1n) is 9.46. The van der Waals surface area contributed by atoms with Gasteiger partial charge in [-0.2, -0.15) is 0 Å². The molecule has 7 heteroatoms. The van der Waals surface area contributed by atoms with Crippen molar-refractivity contribution in [3.8, 4) is 17.2 Å². The summed E-state index contributed by atoms with van der Waals surface area (Å²) in [4.78, 5) is 23.7. The summed E-state index contributed by atoms with van der Waals surface area (Å²) in [5, 5.41) is 0. The third-order valence-electron chi connectivity index (χ3n) is 3.61. The molecule has 0 aliphatic rings. The highest BCUT2D eigenvalue weighted by Gasteiger charge is 2.07. The van der Waals surface area contributed by atoms with Crippen LogP contribution in [-0.4, -0.2) is 31.6 Å². The van der Waals surface area contributed by atoms with Crippen LogP contribution >= 0.6 is 0 Å². The molecule has 7 nitrogen and oxygen atoms in total. The van der Waals surface area contributed by atoms with Crippen LogP contribution in [0.1, 0.15) is 25.8 Å². The fourth-order valence-electron chi connectivity index (χ4n) is 2.26. The SMILES string of the molecule is CCCOc1ccc(/C=C/C(=O)NNC(=O)COc2ccccc2OCC)cc1. The first-order valence-corrected chi connectivity index (χ1v) is 9.46. The predicted octanol–water partition coefficient (Wildman–Crippen LogP) is 3.11. The first-order chi connectivity index (χ1) is 14.1. The van der Waals surface area contributed by atoms with Crippen molar-refractivity contribution in [2.24, 2.45) is 0 Å². The summed E-state index contributed by atoms with van der Waals surface area (Å²) >= 11 is 0. The van der Waals surface area contributed by atoms with E-state index in [1.165, 1.54) is 6.08 Å². The molecule has 0 aliphatic heterocycles. The number of nitrogens with one attached hydrogen (secondary N) is 2. The van der Waals surface area contributed by atoms with Crippen molar-refractivity contribution in [1.82, 2.24) is 10.9 Å². The van der Waals surface area contributed by atoms with Crippen molar-refractivity contribution in [1.29, 1.82) is 0 Å². The van der Waals surface area contributed by atoms with Crippen molar-refractivity contribution in [2.75, 3.05) is 19.8 Å². The van der Waals surface area contributed by atoms with Crippen LogP contribution in [0, 0.1) is 0 Å². The van der Waals surface area contributed by atoms with Gasteiger partial charge in [-0.25, -0.2) is 0 Å².